The monoisotopic (exact) mass is 292 g/mol. The molecule has 1 amide bonds. The molecule has 1 aliphatic rings. The fourth-order valence-electron chi connectivity index (χ4n) is 2.48. The number of amides is 1. The third kappa shape index (κ3) is 6.25. The summed E-state index contributed by atoms with van der Waals surface area (Å²) in [5.74, 6) is -0.670. The maximum Gasteiger partial charge on any atom is 0.317 e. The first-order valence-electron chi connectivity index (χ1n) is 6.78. The number of carboxylic acid groups (broad SMARTS) is 1. The fraction of sp³-hybridized carbons (Fsp3) is 0.846. The van der Waals surface area contributed by atoms with E-state index in [2.05, 4.69) is 6.92 Å². The number of hydrogen-bond donors (Lipinski definition) is 1. The van der Waals surface area contributed by atoms with Crippen molar-refractivity contribution in [2.45, 2.75) is 45.6 Å². The van der Waals surface area contributed by atoms with Crippen LogP contribution in [-0.4, -0.2) is 59.0 Å². The van der Waals surface area contributed by atoms with E-state index in [1.165, 1.54) is 0 Å². The summed E-state index contributed by atoms with van der Waals surface area (Å²) in [6, 6.07) is 0.344. The first-order chi connectivity index (χ1) is 8.54. The van der Waals surface area contributed by atoms with Crippen LogP contribution in [0, 0.1) is 0 Å². The zero-order valence-electron chi connectivity index (χ0n) is 11.8. The van der Waals surface area contributed by atoms with Gasteiger partial charge >= 0.3 is 5.97 Å². The molecule has 1 rings (SSSR count). The Labute approximate surface area is 121 Å². The Kier molecular flexibility index (Phi) is 8.76. The number of aliphatic carboxylic acids is 1. The smallest absolute Gasteiger partial charge is 0.317 e. The second kappa shape index (κ2) is 9.15. The summed E-state index contributed by atoms with van der Waals surface area (Å²) in [4.78, 5) is 26.5. The van der Waals surface area contributed by atoms with Crippen molar-refractivity contribution in [3.8, 4) is 0 Å². The van der Waals surface area contributed by atoms with Crippen LogP contribution < -0.4 is 0 Å². The quantitative estimate of drug-likeness (QED) is 0.774. The van der Waals surface area contributed by atoms with Crippen LogP contribution in [0.3, 0.4) is 0 Å². The summed E-state index contributed by atoms with van der Waals surface area (Å²) >= 11 is 0. The Balaban J connectivity index is 0.00000324. The number of rotatable bonds is 7. The number of carbonyl (C=O) groups excluding carboxylic acids is 1. The molecule has 1 saturated heterocycles. The van der Waals surface area contributed by atoms with E-state index in [1.54, 1.807) is 0 Å². The van der Waals surface area contributed by atoms with Crippen LogP contribution >= 0.6 is 12.4 Å². The van der Waals surface area contributed by atoms with E-state index < -0.39 is 5.97 Å². The molecule has 0 saturated carbocycles. The maximum absolute atomic E-state index is 12.0. The minimum atomic E-state index is -0.828. The predicted octanol–water partition coefficient (Wildman–Crippen LogP) is 1.61. The van der Waals surface area contributed by atoms with Gasteiger partial charge in [-0.15, -0.1) is 12.4 Å². The average molecular weight is 293 g/mol. The van der Waals surface area contributed by atoms with Crippen molar-refractivity contribution >= 4 is 24.3 Å². The van der Waals surface area contributed by atoms with Gasteiger partial charge in [0.15, 0.2) is 0 Å². The molecule has 1 atom stereocenters. The van der Waals surface area contributed by atoms with Crippen LogP contribution in [0.2, 0.25) is 0 Å². The Hall–Kier alpha value is -0.810. The highest BCUT2D eigenvalue weighted by atomic mass is 35.5. The molecule has 0 bridgehead atoms. The molecule has 1 fully saturated rings. The Morgan fingerprint density at radius 3 is 2.53 bits per heavy atom. The molecular formula is C13H25ClN2O3. The molecule has 5 nitrogen and oxygen atoms in total. The summed E-state index contributed by atoms with van der Waals surface area (Å²) in [6.07, 6.45) is 3.50. The van der Waals surface area contributed by atoms with Gasteiger partial charge in [-0.25, -0.2) is 0 Å². The van der Waals surface area contributed by atoms with Gasteiger partial charge in [-0.2, -0.15) is 0 Å². The number of carbonyl (C=O) groups is 2. The first-order valence-corrected chi connectivity index (χ1v) is 6.78. The van der Waals surface area contributed by atoms with Crippen LogP contribution in [-0.2, 0) is 9.59 Å². The van der Waals surface area contributed by atoms with Crippen molar-refractivity contribution < 1.29 is 14.7 Å². The van der Waals surface area contributed by atoms with Gasteiger partial charge in [0.2, 0.25) is 5.91 Å². The van der Waals surface area contributed by atoms with Gasteiger partial charge in [0, 0.05) is 25.6 Å². The molecule has 0 spiro atoms. The lowest BCUT2D eigenvalue weighted by Crippen LogP contribution is -2.38. The average Bonchev–Trinajstić information content (AvgIpc) is 2.71. The van der Waals surface area contributed by atoms with Gasteiger partial charge in [-0.05, 0) is 32.7 Å². The summed E-state index contributed by atoms with van der Waals surface area (Å²) in [5, 5.41) is 8.79. The van der Waals surface area contributed by atoms with E-state index in [9.17, 15) is 9.59 Å². The van der Waals surface area contributed by atoms with E-state index in [0.717, 1.165) is 32.4 Å². The number of carboxylic acids is 1. The molecular weight excluding hydrogens is 268 g/mol. The molecule has 19 heavy (non-hydrogen) atoms. The van der Waals surface area contributed by atoms with Crippen molar-refractivity contribution in [2.75, 3.05) is 26.2 Å². The van der Waals surface area contributed by atoms with Crippen LogP contribution in [0.4, 0.5) is 0 Å². The summed E-state index contributed by atoms with van der Waals surface area (Å²) in [7, 11) is 0. The lowest BCUT2D eigenvalue weighted by atomic mass is 10.2. The highest BCUT2D eigenvalue weighted by Crippen LogP contribution is 2.17. The number of nitrogens with zero attached hydrogens (tertiary/aromatic N) is 2. The largest absolute Gasteiger partial charge is 0.480 e. The number of likely N-dealkylation sites (tertiary alicyclic amines) is 1. The Morgan fingerprint density at radius 1 is 1.37 bits per heavy atom. The highest BCUT2D eigenvalue weighted by molar-refractivity contribution is 5.85. The molecule has 0 aromatic heterocycles. The molecule has 0 aromatic carbocycles. The molecule has 1 N–H and O–H groups in total. The molecule has 1 aliphatic heterocycles. The van der Waals surface area contributed by atoms with Gasteiger partial charge in [0.25, 0.3) is 0 Å². The molecule has 0 aromatic rings. The van der Waals surface area contributed by atoms with Gasteiger partial charge in [-0.3, -0.25) is 14.5 Å². The van der Waals surface area contributed by atoms with Crippen LogP contribution in [0.5, 0.6) is 0 Å². The van der Waals surface area contributed by atoms with Crippen molar-refractivity contribution in [3.05, 3.63) is 0 Å². The predicted molar refractivity (Wildman–Crippen MR) is 76.6 cm³/mol. The van der Waals surface area contributed by atoms with Crippen molar-refractivity contribution in [1.29, 1.82) is 0 Å². The normalized spacial score (nSPS) is 18.5. The standard InChI is InChI=1S/C13H24N2O3.ClH/c1-3-7-14(10-13(17)18)9-6-12(16)15-8-4-5-11(15)2;/h11H,3-10H2,1-2H3,(H,17,18);1H. The molecule has 1 unspecified atom stereocenters. The zero-order valence-corrected chi connectivity index (χ0v) is 12.6. The van der Waals surface area contributed by atoms with Gasteiger partial charge in [-0.1, -0.05) is 6.92 Å². The Morgan fingerprint density at radius 2 is 2.05 bits per heavy atom. The van der Waals surface area contributed by atoms with E-state index >= 15 is 0 Å². The van der Waals surface area contributed by atoms with E-state index in [-0.39, 0.29) is 24.9 Å². The van der Waals surface area contributed by atoms with Crippen LogP contribution in [0.1, 0.15) is 39.5 Å². The van der Waals surface area contributed by atoms with E-state index in [0.29, 0.717) is 19.0 Å². The summed E-state index contributed by atoms with van der Waals surface area (Å²) < 4.78 is 0. The number of hydrogen-bond acceptors (Lipinski definition) is 3. The van der Waals surface area contributed by atoms with Crippen LogP contribution in [0.15, 0.2) is 0 Å². The lowest BCUT2D eigenvalue weighted by Gasteiger charge is -2.24. The molecule has 0 aliphatic carbocycles. The molecule has 0 radical (unpaired) electrons. The maximum atomic E-state index is 12.0. The fourth-order valence-corrected chi connectivity index (χ4v) is 2.48. The van der Waals surface area contributed by atoms with Crippen molar-refractivity contribution in [1.82, 2.24) is 9.80 Å². The van der Waals surface area contributed by atoms with Crippen LogP contribution in [0.25, 0.3) is 0 Å². The van der Waals surface area contributed by atoms with Crippen molar-refractivity contribution in [3.63, 3.8) is 0 Å². The number of halogens is 1. The SMILES string of the molecule is CCCN(CCC(=O)N1CCCC1C)CC(=O)O.Cl. The third-order valence-corrected chi connectivity index (χ3v) is 3.41. The summed E-state index contributed by atoms with van der Waals surface area (Å²) in [5.41, 5.74) is 0. The Bertz CT molecular complexity index is 300. The third-order valence-electron chi connectivity index (χ3n) is 3.41. The van der Waals surface area contributed by atoms with Gasteiger partial charge in [0.1, 0.15) is 0 Å². The topological polar surface area (TPSA) is 60.9 Å². The molecule has 1 heterocycles. The van der Waals surface area contributed by atoms with E-state index in [1.807, 2.05) is 16.7 Å². The second-order valence-electron chi connectivity index (χ2n) is 5.00. The summed E-state index contributed by atoms with van der Waals surface area (Å²) in [6.45, 7) is 6.24. The lowest BCUT2D eigenvalue weighted by molar-refractivity contribution is -0.139. The first kappa shape index (κ1) is 18.2. The molecule has 112 valence electrons. The van der Waals surface area contributed by atoms with Gasteiger partial charge in [0.05, 0.1) is 6.54 Å². The highest BCUT2D eigenvalue weighted by Gasteiger charge is 2.25. The minimum Gasteiger partial charge on any atom is -0.480 e. The van der Waals surface area contributed by atoms with Gasteiger partial charge < -0.3 is 10.0 Å². The van der Waals surface area contributed by atoms with Crippen molar-refractivity contribution in [2.24, 2.45) is 0 Å². The molecule has 6 heteroatoms. The second-order valence-corrected chi connectivity index (χ2v) is 5.00. The van der Waals surface area contributed by atoms with E-state index in [4.69, 9.17) is 5.11 Å². The zero-order chi connectivity index (χ0) is 13.5. The minimum absolute atomic E-state index is 0.